The second-order valence-corrected chi connectivity index (χ2v) is 11.2. The van der Waals surface area contributed by atoms with E-state index in [1.165, 1.54) is 6.08 Å². The Balaban J connectivity index is 1.80. The lowest BCUT2D eigenvalue weighted by Gasteiger charge is -2.37. The van der Waals surface area contributed by atoms with Crippen LogP contribution in [0, 0.1) is 25.7 Å². The van der Waals surface area contributed by atoms with Crippen molar-refractivity contribution in [3.8, 4) is 0 Å². The van der Waals surface area contributed by atoms with Crippen molar-refractivity contribution in [1.82, 2.24) is 4.90 Å². The van der Waals surface area contributed by atoms with E-state index in [2.05, 4.69) is 29.1 Å². The number of fused-ring (bicyclic) bond motifs is 1. The lowest BCUT2D eigenvalue weighted by atomic mass is 9.70. The number of halogens is 1. The molecule has 6 atom stereocenters. The van der Waals surface area contributed by atoms with Gasteiger partial charge in [-0.15, -0.1) is 6.58 Å². The molecule has 1 N–H and O–H groups in total. The van der Waals surface area contributed by atoms with Crippen molar-refractivity contribution in [2.24, 2.45) is 11.8 Å². The number of aliphatic hydroxyl groups excluding tert-OH is 1. The maximum Gasteiger partial charge on any atom is 0.312 e. The first kappa shape index (κ1) is 27.5. The van der Waals surface area contributed by atoms with Gasteiger partial charge in [-0.05, 0) is 44.2 Å². The van der Waals surface area contributed by atoms with E-state index in [9.17, 15) is 19.5 Å². The number of para-hydroxylation sites is 1. The summed E-state index contributed by atoms with van der Waals surface area (Å²) in [5, 5.41) is 9.36. The van der Waals surface area contributed by atoms with Crippen LogP contribution in [0.25, 0.3) is 0 Å². The van der Waals surface area contributed by atoms with Gasteiger partial charge in [-0.1, -0.05) is 52.9 Å². The molecular weight excluding hydrogens is 540 g/mol. The average molecular weight is 576 g/mol. The van der Waals surface area contributed by atoms with Crippen LogP contribution in [0.4, 0.5) is 5.69 Å². The van der Waals surface area contributed by atoms with Crippen LogP contribution in [0.3, 0.4) is 0 Å². The number of likely N-dealkylation sites (tertiary alicyclic amines) is 1. The number of ether oxygens (including phenoxy) is 2. The van der Waals surface area contributed by atoms with Crippen molar-refractivity contribution in [2.45, 2.75) is 55.7 Å². The summed E-state index contributed by atoms with van der Waals surface area (Å²) in [4.78, 5) is 44.7. The topological polar surface area (TPSA) is 96.4 Å². The van der Waals surface area contributed by atoms with Gasteiger partial charge in [-0.3, -0.25) is 14.4 Å². The predicted octanol–water partition coefficient (Wildman–Crippen LogP) is 3.07. The summed E-state index contributed by atoms with van der Waals surface area (Å²) < 4.78 is 11.9. The van der Waals surface area contributed by atoms with Gasteiger partial charge < -0.3 is 24.4 Å². The number of aliphatic hydroxyl groups is 1. The highest BCUT2D eigenvalue weighted by atomic mass is 79.9. The highest BCUT2D eigenvalue weighted by Gasteiger charge is 2.77. The summed E-state index contributed by atoms with van der Waals surface area (Å²) in [7, 11) is 0. The van der Waals surface area contributed by atoms with Crippen LogP contribution in [-0.4, -0.2) is 76.7 Å². The van der Waals surface area contributed by atoms with Crippen molar-refractivity contribution in [3.05, 3.63) is 54.6 Å². The van der Waals surface area contributed by atoms with Gasteiger partial charge >= 0.3 is 5.97 Å². The van der Waals surface area contributed by atoms with Crippen LogP contribution in [0.1, 0.15) is 30.4 Å². The summed E-state index contributed by atoms with van der Waals surface area (Å²) in [6, 6.07) is 4.91. The first-order valence-electron chi connectivity index (χ1n) is 12.7. The van der Waals surface area contributed by atoms with Gasteiger partial charge in [0.05, 0.1) is 17.9 Å². The first-order valence-corrected chi connectivity index (χ1v) is 13.6. The summed E-state index contributed by atoms with van der Waals surface area (Å²) in [6.07, 6.45) is 4.00. The largest absolute Gasteiger partial charge is 0.461 e. The smallest absolute Gasteiger partial charge is 0.312 e. The van der Waals surface area contributed by atoms with E-state index in [1.54, 1.807) is 15.9 Å². The van der Waals surface area contributed by atoms with E-state index < -0.39 is 35.6 Å². The quantitative estimate of drug-likeness (QED) is 0.189. The number of anilines is 1. The fourth-order valence-corrected chi connectivity index (χ4v) is 7.29. The van der Waals surface area contributed by atoms with Crippen LogP contribution in [-0.2, 0) is 23.9 Å². The standard InChI is InChI=1S/C28H35BrN2O6/c1-5-12-30(22-17(3)10-9-11-18(22)4)26(34)24-28-16-19(29)23(37-28)20(27(35)36-15-6-2)21(28)25(33)31(24)13-7-8-14-32/h5-6,9-11,19-21,23-24,32H,1-2,7-8,12-16H2,3-4H3/t19?,20-,21+,23-,24?,28?/m1/s1. The highest BCUT2D eigenvalue weighted by Crippen LogP contribution is 2.60. The molecule has 2 amide bonds. The van der Waals surface area contributed by atoms with Gasteiger partial charge in [0.15, 0.2) is 0 Å². The Bertz CT molecular complexity index is 1070. The first-order chi connectivity index (χ1) is 17.7. The minimum atomic E-state index is -1.17. The molecule has 37 heavy (non-hydrogen) atoms. The molecule has 0 radical (unpaired) electrons. The monoisotopic (exact) mass is 574 g/mol. The molecule has 0 aromatic heterocycles. The molecule has 200 valence electrons. The third-order valence-corrected chi connectivity index (χ3v) is 8.58. The van der Waals surface area contributed by atoms with Crippen molar-refractivity contribution in [3.63, 3.8) is 0 Å². The minimum Gasteiger partial charge on any atom is -0.461 e. The Kier molecular flexibility index (Phi) is 8.26. The normalized spacial score (nSPS) is 29.8. The Morgan fingerprint density at radius 1 is 1.27 bits per heavy atom. The van der Waals surface area contributed by atoms with Gasteiger partial charge in [-0.2, -0.15) is 0 Å². The fraction of sp³-hybridized carbons (Fsp3) is 0.536. The van der Waals surface area contributed by atoms with E-state index in [-0.39, 0.29) is 42.9 Å². The minimum absolute atomic E-state index is 0.0151. The summed E-state index contributed by atoms with van der Waals surface area (Å²) in [5.74, 6) is -2.71. The number of nitrogens with zero attached hydrogens (tertiary/aromatic N) is 2. The summed E-state index contributed by atoms with van der Waals surface area (Å²) in [5.41, 5.74) is 1.47. The lowest BCUT2D eigenvalue weighted by molar-refractivity contribution is -0.153. The molecular formula is C28H35BrN2O6. The highest BCUT2D eigenvalue weighted by molar-refractivity contribution is 9.09. The van der Waals surface area contributed by atoms with Crippen molar-refractivity contribution >= 4 is 39.4 Å². The molecule has 1 aromatic rings. The van der Waals surface area contributed by atoms with Gasteiger partial charge in [0, 0.05) is 30.2 Å². The molecule has 9 heteroatoms. The predicted molar refractivity (Wildman–Crippen MR) is 143 cm³/mol. The molecule has 1 aromatic carbocycles. The van der Waals surface area contributed by atoms with Crippen molar-refractivity contribution in [1.29, 1.82) is 0 Å². The van der Waals surface area contributed by atoms with Crippen LogP contribution < -0.4 is 4.90 Å². The van der Waals surface area contributed by atoms with Gasteiger partial charge in [0.25, 0.3) is 5.91 Å². The van der Waals surface area contributed by atoms with E-state index in [4.69, 9.17) is 9.47 Å². The van der Waals surface area contributed by atoms with Crippen molar-refractivity contribution in [2.75, 3.05) is 31.2 Å². The Labute approximate surface area is 226 Å². The van der Waals surface area contributed by atoms with E-state index in [1.807, 2.05) is 32.0 Å². The molecule has 0 saturated carbocycles. The number of hydrogen-bond acceptors (Lipinski definition) is 6. The van der Waals surface area contributed by atoms with Gasteiger partial charge in [0.1, 0.15) is 18.2 Å². The number of carbonyl (C=O) groups excluding carboxylic acids is 3. The number of unbranched alkanes of at least 4 members (excludes halogenated alkanes) is 1. The molecule has 3 heterocycles. The second-order valence-electron chi connectivity index (χ2n) is 10.0. The molecule has 8 nitrogen and oxygen atoms in total. The number of esters is 1. The maximum absolute atomic E-state index is 14.5. The van der Waals surface area contributed by atoms with E-state index in [0.29, 0.717) is 19.3 Å². The fourth-order valence-electron chi connectivity index (χ4n) is 6.35. The SMILES string of the molecule is C=CCOC(=O)[C@H]1[C@@H]2OC3(CC2Br)C(C(=O)N(CC=C)c2c(C)cccc2C)N(CCCCO)C(=O)[C@H]13. The van der Waals surface area contributed by atoms with Gasteiger partial charge in [0.2, 0.25) is 5.91 Å². The molecule has 3 unspecified atom stereocenters. The van der Waals surface area contributed by atoms with Crippen LogP contribution in [0.2, 0.25) is 0 Å². The number of rotatable bonds is 11. The average Bonchev–Trinajstić information content (AvgIpc) is 3.45. The molecule has 0 aliphatic carbocycles. The van der Waals surface area contributed by atoms with E-state index in [0.717, 1.165) is 16.8 Å². The zero-order valence-electron chi connectivity index (χ0n) is 21.4. The van der Waals surface area contributed by atoms with Crippen molar-refractivity contribution < 1.29 is 29.0 Å². The zero-order valence-corrected chi connectivity index (χ0v) is 23.0. The number of amides is 2. The molecule has 3 saturated heterocycles. The maximum atomic E-state index is 14.5. The van der Waals surface area contributed by atoms with Crippen LogP contribution in [0.5, 0.6) is 0 Å². The number of aryl methyl sites for hydroxylation is 2. The Morgan fingerprint density at radius 3 is 2.59 bits per heavy atom. The zero-order chi connectivity index (χ0) is 26.9. The molecule has 3 fully saturated rings. The van der Waals surface area contributed by atoms with E-state index >= 15 is 0 Å². The molecule has 3 aliphatic heterocycles. The second kappa shape index (κ2) is 11.1. The third kappa shape index (κ3) is 4.55. The Morgan fingerprint density at radius 2 is 1.97 bits per heavy atom. The van der Waals surface area contributed by atoms with Crippen LogP contribution >= 0.6 is 15.9 Å². The Hall–Kier alpha value is -2.49. The lowest BCUT2D eigenvalue weighted by Crippen LogP contribution is -2.57. The number of benzene rings is 1. The van der Waals surface area contributed by atoms with Gasteiger partial charge in [-0.25, -0.2) is 0 Å². The number of alkyl halides is 1. The third-order valence-electron chi connectivity index (χ3n) is 7.73. The molecule has 4 rings (SSSR count). The molecule has 2 bridgehead atoms. The molecule has 1 spiro atoms. The summed E-state index contributed by atoms with van der Waals surface area (Å²) in [6.45, 7) is 11.9. The molecule has 3 aliphatic rings. The van der Waals surface area contributed by atoms with Crippen LogP contribution in [0.15, 0.2) is 43.5 Å². The summed E-state index contributed by atoms with van der Waals surface area (Å²) >= 11 is 3.66. The number of hydrogen-bond donors (Lipinski definition) is 1. The number of carbonyl (C=O) groups is 3.